The highest BCUT2D eigenvalue weighted by Crippen LogP contribution is 2.17. The molecule has 1 heterocycles. The van der Waals surface area contributed by atoms with Gasteiger partial charge in [-0.3, -0.25) is 14.9 Å². The first kappa shape index (κ1) is 13.8. The number of furan rings is 1. The van der Waals surface area contributed by atoms with E-state index in [9.17, 15) is 14.9 Å². The van der Waals surface area contributed by atoms with Crippen LogP contribution in [0.15, 0.2) is 40.8 Å². The van der Waals surface area contributed by atoms with Crippen molar-refractivity contribution in [3.05, 3.63) is 63.6 Å². The fraction of sp³-hybridized carbons (Fsp3) is 0.154. The van der Waals surface area contributed by atoms with Crippen LogP contribution in [0.3, 0.4) is 0 Å². The molecule has 0 fully saturated rings. The number of rotatable bonds is 5. The minimum absolute atomic E-state index is 0.0325. The summed E-state index contributed by atoms with van der Waals surface area (Å²) in [4.78, 5) is 22.2. The van der Waals surface area contributed by atoms with Crippen molar-refractivity contribution in [2.75, 3.05) is 0 Å². The van der Waals surface area contributed by atoms with E-state index in [2.05, 4.69) is 5.32 Å². The Bertz CT molecular complexity index is 636. The zero-order valence-corrected chi connectivity index (χ0v) is 10.5. The average Bonchev–Trinajstić information content (AvgIpc) is 2.94. The van der Waals surface area contributed by atoms with Gasteiger partial charge in [0.1, 0.15) is 5.76 Å². The predicted octanol–water partition coefficient (Wildman–Crippen LogP) is 1.58. The maximum Gasteiger partial charge on any atom is 0.287 e. The normalized spacial score (nSPS) is 10.2. The molecular weight excluding hydrogens is 262 g/mol. The summed E-state index contributed by atoms with van der Waals surface area (Å²) in [6.45, 7) is 0.256. The first-order valence-electron chi connectivity index (χ1n) is 5.91. The van der Waals surface area contributed by atoms with E-state index in [0.717, 1.165) is 0 Å². The van der Waals surface area contributed by atoms with E-state index < -0.39 is 10.8 Å². The highest BCUT2D eigenvalue weighted by molar-refractivity contribution is 5.91. The molecular formula is C13H13N3O4. The topological polar surface area (TPSA) is 111 Å². The van der Waals surface area contributed by atoms with Gasteiger partial charge >= 0.3 is 0 Å². The van der Waals surface area contributed by atoms with Gasteiger partial charge in [-0.1, -0.05) is 18.2 Å². The Morgan fingerprint density at radius 1 is 1.30 bits per heavy atom. The minimum atomic E-state index is -0.485. The Labute approximate surface area is 114 Å². The molecule has 2 rings (SSSR count). The van der Waals surface area contributed by atoms with Gasteiger partial charge in [0.05, 0.1) is 11.5 Å². The molecule has 104 valence electrons. The lowest BCUT2D eigenvalue weighted by atomic mass is 10.2. The molecule has 1 amide bonds. The number of nitrogens with one attached hydrogen (secondary N) is 1. The van der Waals surface area contributed by atoms with Crippen LogP contribution >= 0.6 is 0 Å². The lowest BCUT2D eigenvalue weighted by molar-refractivity contribution is -0.385. The number of carbonyl (C=O) groups excluding carboxylic acids is 1. The third-order valence-electron chi connectivity index (χ3n) is 2.71. The number of amides is 1. The van der Waals surface area contributed by atoms with Gasteiger partial charge < -0.3 is 15.5 Å². The molecule has 1 aromatic heterocycles. The van der Waals surface area contributed by atoms with Gasteiger partial charge in [-0.25, -0.2) is 0 Å². The van der Waals surface area contributed by atoms with E-state index >= 15 is 0 Å². The van der Waals surface area contributed by atoms with Gasteiger partial charge in [0.25, 0.3) is 11.6 Å². The van der Waals surface area contributed by atoms with Gasteiger partial charge in [-0.05, 0) is 12.1 Å². The molecule has 0 aliphatic carbocycles. The molecule has 0 atom stereocenters. The summed E-state index contributed by atoms with van der Waals surface area (Å²) in [5, 5.41) is 13.4. The number of nitrogens with zero attached hydrogens (tertiary/aromatic N) is 1. The van der Waals surface area contributed by atoms with Crippen LogP contribution in [-0.2, 0) is 13.1 Å². The van der Waals surface area contributed by atoms with Crippen molar-refractivity contribution in [1.29, 1.82) is 0 Å². The van der Waals surface area contributed by atoms with Crippen molar-refractivity contribution >= 4 is 11.6 Å². The number of hydrogen-bond acceptors (Lipinski definition) is 5. The van der Waals surface area contributed by atoms with Crippen LogP contribution in [0.5, 0.6) is 0 Å². The lowest BCUT2D eigenvalue weighted by Gasteiger charge is -2.04. The van der Waals surface area contributed by atoms with E-state index in [4.69, 9.17) is 10.2 Å². The van der Waals surface area contributed by atoms with E-state index in [-0.39, 0.29) is 24.5 Å². The molecule has 20 heavy (non-hydrogen) atoms. The third-order valence-corrected chi connectivity index (χ3v) is 2.71. The maximum atomic E-state index is 11.8. The van der Waals surface area contributed by atoms with E-state index in [0.29, 0.717) is 11.3 Å². The molecule has 0 bridgehead atoms. The lowest BCUT2D eigenvalue weighted by Crippen LogP contribution is -2.22. The summed E-state index contributed by atoms with van der Waals surface area (Å²) in [5.74, 6) is 0.188. The van der Waals surface area contributed by atoms with Gasteiger partial charge in [0, 0.05) is 18.2 Å². The average molecular weight is 275 g/mol. The smallest absolute Gasteiger partial charge is 0.287 e. The molecule has 7 heteroatoms. The van der Waals surface area contributed by atoms with Crippen molar-refractivity contribution < 1.29 is 14.1 Å². The van der Waals surface area contributed by atoms with E-state index in [1.165, 1.54) is 12.1 Å². The third kappa shape index (κ3) is 3.01. The van der Waals surface area contributed by atoms with Crippen molar-refractivity contribution in [2.45, 2.75) is 13.1 Å². The highest BCUT2D eigenvalue weighted by Gasteiger charge is 2.15. The van der Waals surface area contributed by atoms with Crippen LogP contribution in [0.2, 0.25) is 0 Å². The van der Waals surface area contributed by atoms with Gasteiger partial charge in [0.2, 0.25) is 0 Å². The molecule has 0 spiro atoms. The van der Waals surface area contributed by atoms with Crippen LogP contribution in [0.1, 0.15) is 21.9 Å². The Morgan fingerprint density at radius 2 is 2.05 bits per heavy atom. The number of nitro benzene ring substituents is 1. The first-order chi connectivity index (χ1) is 9.61. The van der Waals surface area contributed by atoms with Crippen LogP contribution in [0.4, 0.5) is 5.69 Å². The molecule has 7 nitrogen and oxygen atoms in total. The summed E-state index contributed by atoms with van der Waals surface area (Å²) in [6.07, 6.45) is 0. The second-order valence-electron chi connectivity index (χ2n) is 4.04. The summed E-state index contributed by atoms with van der Waals surface area (Å²) in [7, 11) is 0. The summed E-state index contributed by atoms with van der Waals surface area (Å²) in [6, 6.07) is 9.35. The number of nitro groups is 1. The van der Waals surface area contributed by atoms with E-state index in [1.54, 1.807) is 24.3 Å². The summed E-state index contributed by atoms with van der Waals surface area (Å²) < 4.78 is 5.19. The van der Waals surface area contributed by atoms with Gasteiger partial charge in [0.15, 0.2) is 5.76 Å². The Morgan fingerprint density at radius 3 is 2.70 bits per heavy atom. The van der Waals surface area contributed by atoms with Crippen molar-refractivity contribution in [1.82, 2.24) is 5.32 Å². The monoisotopic (exact) mass is 275 g/mol. The van der Waals surface area contributed by atoms with Crippen molar-refractivity contribution in [2.24, 2.45) is 5.73 Å². The van der Waals surface area contributed by atoms with Crippen LogP contribution in [-0.4, -0.2) is 10.8 Å². The Hall–Kier alpha value is -2.67. The number of carbonyl (C=O) groups is 1. The Kier molecular flexibility index (Phi) is 4.11. The molecule has 2 aromatic rings. The molecule has 1 aromatic carbocycles. The number of para-hydroxylation sites is 1. The summed E-state index contributed by atoms with van der Waals surface area (Å²) in [5.41, 5.74) is 5.78. The fourth-order valence-electron chi connectivity index (χ4n) is 1.71. The standard InChI is InChI=1S/C13H13N3O4/c14-7-10-5-6-12(20-10)13(17)15-8-9-3-1-2-4-11(9)16(18)19/h1-6H,7-8,14H2,(H,15,17). The van der Waals surface area contributed by atoms with E-state index in [1.807, 2.05) is 0 Å². The molecule has 0 aliphatic heterocycles. The second kappa shape index (κ2) is 5.98. The second-order valence-corrected chi connectivity index (χ2v) is 4.04. The van der Waals surface area contributed by atoms with Crippen molar-refractivity contribution in [3.63, 3.8) is 0 Å². The Balaban J connectivity index is 2.05. The van der Waals surface area contributed by atoms with Crippen LogP contribution < -0.4 is 11.1 Å². The number of benzene rings is 1. The number of nitrogens with two attached hydrogens (primary N) is 1. The quantitative estimate of drug-likeness (QED) is 0.635. The number of hydrogen-bond donors (Lipinski definition) is 2. The maximum absolute atomic E-state index is 11.8. The van der Waals surface area contributed by atoms with Crippen molar-refractivity contribution in [3.8, 4) is 0 Å². The molecule has 0 radical (unpaired) electrons. The summed E-state index contributed by atoms with van der Waals surface area (Å²) >= 11 is 0. The molecule has 3 N–H and O–H groups in total. The zero-order valence-electron chi connectivity index (χ0n) is 10.5. The zero-order chi connectivity index (χ0) is 14.5. The highest BCUT2D eigenvalue weighted by atomic mass is 16.6. The SMILES string of the molecule is NCc1ccc(C(=O)NCc2ccccc2[N+](=O)[O-])o1. The minimum Gasteiger partial charge on any atom is -0.455 e. The molecule has 0 saturated carbocycles. The molecule has 0 saturated heterocycles. The predicted molar refractivity (Wildman–Crippen MR) is 70.9 cm³/mol. The molecule has 0 aliphatic rings. The largest absolute Gasteiger partial charge is 0.455 e. The van der Waals surface area contributed by atoms with Gasteiger partial charge in [-0.2, -0.15) is 0 Å². The van der Waals surface area contributed by atoms with Crippen LogP contribution in [0.25, 0.3) is 0 Å². The van der Waals surface area contributed by atoms with Gasteiger partial charge in [-0.15, -0.1) is 0 Å². The fourth-order valence-corrected chi connectivity index (χ4v) is 1.71. The van der Waals surface area contributed by atoms with Crippen LogP contribution in [0, 0.1) is 10.1 Å². The first-order valence-corrected chi connectivity index (χ1v) is 5.91. The molecule has 0 unspecified atom stereocenters.